The number of hydrogen-bond donors (Lipinski definition) is 1. The molecule has 0 aliphatic carbocycles. The van der Waals surface area contributed by atoms with Gasteiger partial charge in [-0.05, 0) is 74.7 Å². The number of carbonyl (C=O) groups excluding carboxylic acids is 1. The van der Waals surface area contributed by atoms with E-state index in [0.717, 1.165) is 31.5 Å². The number of anilines is 1. The summed E-state index contributed by atoms with van der Waals surface area (Å²) < 4.78 is 18.7. The fraction of sp³-hybridized carbons (Fsp3) is 0.375. The molecular formula is C24H27FN4O2. The molecule has 1 saturated heterocycles. The highest BCUT2D eigenvalue weighted by Gasteiger charge is 2.31. The van der Waals surface area contributed by atoms with Crippen molar-refractivity contribution in [3.63, 3.8) is 0 Å². The van der Waals surface area contributed by atoms with E-state index in [2.05, 4.69) is 27.3 Å². The topological polar surface area (TPSA) is 71.3 Å². The molecule has 4 rings (SSSR count). The maximum atomic E-state index is 13.2. The SMILES string of the molecule is CCc1ccc(NC(=O)C(C)N2CCCC(c3nc(-c4ccc(F)cc4)no3)C2)cc1. The summed E-state index contributed by atoms with van der Waals surface area (Å²) in [7, 11) is 0. The highest BCUT2D eigenvalue weighted by Crippen LogP contribution is 2.29. The Morgan fingerprint density at radius 2 is 1.97 bits per heavy atom. The average Bonchev–Trinajstić information content (AvgIpc) is 3.30. The zero-order valence-corrected chi connectivity index (χ0v) is 17.8. The Bertz CT molecular complexity index is 1020. The fourth-order valence-corrected chi connectivity index (χ4v) is 3.91. The lowest BCUT2D eigenvalue weighted by molar-refractivity contribution is -0.121. The molecule has 2 heterocycles. The van der Waals surface area contributed by atoms with Crippen molar-refractivity contribution < 1.29 is 13.7 Å². The molecule has 31 heavy (non-hydrogen) atoms. The zero-order chi connectivity index (χ0) is 21.8. The lowest BCUT2D eigenvalue weighted by Gasteiger charge is -2.34. The predicted molar refractivity (Wildman–Crippen MR) is 117 cm³/mol. The number of nitrogens with zero attached hydrogens (tertiary/aromatic N) is 3. The van der Waals surface area contributed by atoms with Crippen molar-refractivity contribution in [1.82, 2.24) is 15.0 Å². The second kappa shape index (κ2) is 9.39. The van der Waals surface area contributed by atoms with E-state index >= 15 is 0 Å². The first-order valence-corrected chi connectivity index (χ1v) is 10.8. The van der Waals surface area contributed by atoms with Crippen LogP contribution in [0, 0.1) is 5.82 Å². The quantitative estimate of drug-likeness (QED) is 0.626. The van der Waals surface area contributed by atoms with E-state index in [1.54, 1.807) is 12.1 Å². The number of likely N-dealkylation sites (tertiary alicyclic amines) is 1. The molecule has 2 unspecified atom stereocenters. The van der Waals surface area contributed by atoms with Gasteiger partial charge in [0.15, 0.2) is 0 Å². The second-order valence-corrected chi connectivity index (χ2v) is 8.01. The number of halogens is 1. The lowest BCUT2D eigenvalue weighted by atomic mass is 9.96. The standard InChI is InChI=1S/C24H27FN4O2/c1-3-17-6-12-21(13-7-17)26-23(30)16(2)29-14-4-5-19(15-29)24-27-22(28-31-24)18-8-10-20(25)11-9-18/h6-13,16,19H,3-5,14-15H2,1-2H3,(H,26,30). The molecule has 1 aromatic heterocycles. The molecule has 3 aromatic rings. The lowest BCUT2D eigenvalue weighted by Crippen LogP contribution is -2.46. The van der Waals surface area contributed by atoms with E-state index in [0.29, 0.717) is 23.8 Å². The summed E-state index contributed by atoms with van der Waals surface area (Å²) in [5.74, 6) is 0.751. The Morgan fingerprint density at radius 1 is 1.23 bits per heavy atom. The minimum absolute atomic E-state index is 0.0255. The van der Waals surface area contributed by atoms with Crippen molar-refractivity contribution in [2.45, 2.75) is 45.1 Å². The second-order valence-electron chi connectivity index (χ2n) is 8.01. The molecule has 162 valence electrons. The number of amides is 1. The van der Waals surface area contributed by atoms with Gasteiger partial charge < -0.3 is 9.84 Å². The Morgan fingerprint density at radius 3 is 2.68 bits per heavy atom. The van der Waals surface area contributed by atoms with Crippen molar-refractivity contribution in [2.75, 3.05) is 18.4 Å². The van der Waals surface area contributed by atoms with Crippen molar-refractivity contribution >= 4 is 11.6 Å². The maximum Gasteiger partial charge on any atom is 0.241 e. The number of aryl methyl sites for hydroxylation is 1. The van der Waals surface area contributed by atoms with E-state index < -0.39 is 0 Å². The third kappa shape index (κ3) is 4.99. The van der Waals surface area contributed by atoms with Gasteiger partial charge in [-0.25, -0.2) is 4.39 Å². The summed E-state index contributed by atoms with van der Waals surface area (Å²) >= 11 is 0. The van der Waals surface area contributed by atoms with Crippen LogP contribution in [-0.2, 0) is 11.2 Å². The molecule has 1 aliphatic heterocycles. The third-order valence-corrected chi connectivity index (χ3v) is 5.90. The number of hydrogen-bond acceptors (Lipinski definition) is 5. The van der Waals surface area contributed by atoms with Crippen LogP contribution < -0.4 is 5.32 Å². The fourth-order valence-electron chi connectivity index (χ4n) is 3.91. The van der Waals surface area contributed by atoms with Crippen molar-refractivity contribution in [3.05, 3.63) is 65.8 Å². The Labute approximate surface area is 181 Å². The smallest absolute Gasteiger partial charge is 0.241 e. The largest absolute Gasteiger partial charge is 0.339 e. The summed E-state index contributed by atoms with van der Waals surface area (Å²) in [5.41, 5.74) is 2.76. The number of nitrogens with one attached hydrogen (secondary N) is 1. The predicted octanol–water partition coefficient (Wildman–Crippen LogP) is 4.64. The molecule has 0 spiro atoms. The molecule has 7 heteroatoms. The molecule has 1 fully saturated rings. The number of carbonyl (C=O) groups is 1. The minimum Gasteiger partial charge on any atom is -0.339 e. The van der Waals surface area contributed by atoms with Gasteiger partial charge >= 0.3 is 0 Å². The van der Waals surface area contributed by atoms with Gasteiger partial charge in [0, 0.05) is 17.8 Å². The van der Waals surface area contributed by atoms with Gasteiger partial charge in [0.1, 0.15) is 5.82 Å². The molecule has 6 nitrogen and oxygen atoms in total. The molecule has 2 aromatic carbocycles. The van der Waals surface area contributed by atoms with Crippen LogP contribution in [0.5, 0.6) is 0 Å². The van der Waals surface area contributed by atoms with E-state index in [4.69, 9.17) is 4.52 Å². The van der Waals surface area contributed by atoms with E-state index in [9.17, 15) is 9.18 Å². The Hall–Kier alpha value is -3.06. The number of benzene rings is 2. The number of aromatic nitrogens is 2. The first kappa shape index (κ1) is 21.2. The zero-order valence-electron chi connectivity index (χ0n) is 17.8. The highest BCUT2D eigenvalue weighted by molar-refractivity contribution is 5.94. The molecule has 0 radical (unpaired) electrons. The molecule has 2 atom stereocenters. The minimum atomic E-state index is -0.302. The van der Waals surface area contributed by atoms with Crippen LogP contribution in [0.25, 0.3) is 11.4 Å². The van der Waals surface area contributed by atoms with Gasteiger partial charge in [-0.3, -0.25) is 9.69 Å². The molecule has 1 aliphatic rings. The first-order chi connectivity index (χ1) is 15.0. The van der Waals surface area contributed by atoms with E-state index in [1.165, 1.54) is 17.7 Å². The van der Waals surface area contributed by atoms with Crippen LogP contribution in [0.4, 0.5) is 10.1 Å². The molecule has 1 amide bonds. The number of piperidine rings is 1. The highest BCUT2D eigenvalue weighted by atomic mass is 19.1. The van der Waals surface area contributed by atoms with Crippen LogP contribution >= 0.6 is 0 Å². The van der Waals surface area contributed by atoms with Crippen molar-refractivity contribution in [3.8, 4) is 11.4 Å². The molecule has 0 saturated carbocycles. The third-order valence-electron chi connectivity index (χ3n) is 5.90. The summed E-state index contributed by atoms with van der Waals surface area (Å²) in [5, 5.41) is 7.07. The van der Waals surface area contributed by atoms with E-state index in [-0.39, 0.29) is 23.7 Å². The van der Waals surface area contributed by atoms with Crippen LogP contribution in [0.1, 0.15) is 44.1 Å². The van der Waals surface area contributed by atoms with Crippen LogP contribution in [-0.4, -0.2) is 40.1 Å². The van der Waals surface area contributed by atoms with E-state index in [1.807, 2.05) is 31.2 Å². The first-order valence-electron chi connectivity index (χ1n) is 10.8. The van der Waals surface area contributed by atoms with Gasteiger partial charge in [-0.1, -0.05) is 24.2 Å². The van der Waals surface area contributed by atoms with Gasteiger partial charge in [-0.2, -0.15) is 4.98 Å². The summed E-state index contributed by atoms with van der Waals surface area (Å²) in [6, 6.07) is 13.7. The molecule has 1 N–H and O–H groups in total. The van der Waals surface area contributed by atoms with Crippen LogP contribution in [0.15, 0.2) is 53.1 Å². The van der Waals surface area contributed by atoms with Crippen LogP contribution in [0.3, 0.4) is 0 Å². The summed E-state index contributed by atoms with van der Waals surface area (Å²) in [6.45, 7) is 5.55. The average molecular weight is 423 g/mol. The Kier molecular flexibility index (Phi) is 6.42. The van der Waals surface area contributed by atoms with Crippen molar-refractivity contribution in [1.29, 1.82) is 0 Å². The van der Waals surface area contributed by atoms with Gasteiger partial charge in [0.05, 0.1) is 12.0 Å². The van der Waals surface area contributed by atoms with Gasteiger partial charge in [-0.15, -0.1) is 0 Å². The summed E-state index contributed by atoms with van der Waals surface area (Å²) in [4.78, 5) is 19.5. The number of rotatable bonds is 6. The summed E-state index contributed by atoms with van der Waals surface area (Å²) in [6.07, 6.45) is 2.84. The van der Waals surface area contributed by atoms with Crippen molar-refractivity contribution in [2.24, 2.45) is 0 Å². The monoisotopic (exact) mass is 422 g/mol. The maximum absolute atomic E-state index is 13.2. The van der Waals surface area contributed by atoms with Crippen LogP contribution in [0.2, 0.25) is 0 Å². The van der Waals surface area contributed by atoms with Gasteiger partial charge in [0.2, 0.25) is 17.6 Å². The molecule has 0 bridgehead atoms. The Balaban J connectivity index is 1.39. The van der Waals surface area contributed by atoms with Gasteiger partial charge in [0.25, 0.3) is 0 Å². The normalized spacial score (nSPS) is 18.0. The molecular weight excluding hydrogens is 395 g/mol.